The van der Waals surface area contributed by atoms with Gasteiger partial charge in [0, 0.05) is 22.6 Å². The van der Waals surface area contributed by atoms with E-state index in [1.165, 1.54) is 18.2 Å². The molecule has 0 fully saturated rings. The number of aromatic nitrogens is 1. The van der Waals surface area contributed by atoms with Crippen LogP contribution in [0.15, 0.2) is 61.7 Å². The maximum atomic E-state index is 13.8. The Morgan fingerprint density at radius 3 is 2.19 bits per heavy atom. The highest BCUT2D eigenvalue weighted by atomic mass is 19.1. The lowest BCUT2D eigenvalue weighted by molar-refractivity contribution is 0.511. The molecule has 0 radical (unpaired) electrons. The fourth-order valence-electron chi connectivity index (χ4n) is 2.77. The smallest absolute Gasteiger partial charge is 0.135 e. The number of anilines is 1. The van der Waals surface area contributed by atoms with E-state index in [-0.39, 0.29) is 17.0 Å². The van der Waals surface area contributed by atoms with Crippen LogP contribution in [0.3, 0.4) is 0 Å². The van der Waals surface area contributed by atoms with Gasteiger partial charge in [-0.1, -0.05) is 31.4 Å². The number of halogens is 2. The van der Waals surface area contributed by atoms with Crippen molar-refractivity contribution < 1.29 is 13.9 Å². The average molecular weight is 352 g/mol. The summed E-state index contributed by atoms with van der Waals surface area (Å²) in [6.07, 6.45) is 0. The molecule has 0 bridgehead atoms. The summed E-state index contributed by atoms with van der Waals surface area (Å²) in [4.78, 5) is 3.06. The number of nitrogens with one attached hydrogen (secondary N) is 2. The van der Waals surface area contributed by atoms with Crippen LogP contribution in [0, 0.1) is 18.6 Å². The van der Waals surface area contributed by atoms with Crippen molar-refractivity contribution in [2.24, 2.45) is 0 Å². The Hall–Kier alpha value is -3.34. The first-order chi connectivity index (χ1) is 12.4. The number of aryl methyl sites for hydroxylation is 1. The number of aliphatic hydroxyl groups excluding tert-OH is 1. The van der Waals surface area contributed by atoms with Gasteiger partial charge in [0.2, 0.25) is 0 Å². The van der Waals surface area contributed by atoms with E-state index in [9.17, 15) is 13.9 Å². The molecule has 132 valence electrons. The molecule has 3 N–H and O–H groups in total. The molecule has 0 atom stereocenters. The summed E-state index contributed by atoms with van der Waals surface area (Å²) in [7, 11) is 0. The molecule has 1 aromatic heterocycles. The molecule has 0 aliphatic heterocycles. The summed E-state index contributed by atoms with van der Waals surface area (Å²) < 4.78 is 27.7. The van der Waals surface area contributed by atoms with Crippen LogP contribution in [0.2, 0.25) is 0 Å². The minimum absolute atomic E-state index is 0.0270. The van der Waals surface area contributed by atoms with Crippen LogP contribution in [-0.2, 0) is 0 Å². The van der Waals surface area contributed by atoms with E-state index in [0.717, 1.165) is 16.8 Å². The highest BCUT2D eigenvalue weighted by Gasteiger charge is 2.13. The molecule has 2 aromatic carbocycles. The summed E-state index contributed by atoms with van der Waals surface area (Å²) in [5.41, 5.74) is 3.94. The molecule has 1 heterocycles. The predicted octanol–water partition coefficient (Wildman–Crippen LogP) is 5.88. The van der Waals surface area contributed by atoms with Gasteiger partial charge >= 0.3 is 0 Å². The maximum Gasteiger partial charge on any atom is 0.135 e. The fourth-order valence-corrected chi connectivity index (χ4v) is 2.77. The Kier molecular flexibility index (Phi) is 4.63. The summed E-state index contributed by atoms with van der Waals surface area (Å²) in [5, 5.41) is 12.4. The quantitative estimate of drug-likeness (QED) is 0.502. The van der Waals surface area contributed by atoms with Crippen molar-refractivity contribution in [3.63, 3.8) is 0 Å². The molecule has 0 aliphatic carbocycles. The van der Waals surface area contributed by atoms with Gasteiger partial charge in [-0.25, -0.2) is 8.78 Å². The number of rotatable bonds is 5. The van der Waals surface area contributed by atoms with Crippen LogP contribution < -0.4 is 5.32 Å². The monoisotopic (exact) mass is 352 g/mol. The molecule has 3 aromatic rings. The molecule has 0 amide bonds. The van der Waals surface area contributed by atoms with Gasteiger partial charge in [0.05, 0.1) is 11.3 Å². The van der Waals surface area contributed by atoms with E-state index in [1.807, 2.05) is 25.1 Å². The normalized spacial score (nSPS) is 10.6. The van der Waals surface area contributed by atoms with Crippen molar-refractivity contribution in [3.05, 3.63) is 90.3 Å². The van der Waals surface area contributed by atoms with E-state index in [0.29, 0.717) is 11.4 Å². The molecule has 0 saturated heterocycles. The second-order valence-electron chi connectivity index (χ2n) is 5.95. The Morgan fingerprint density at radius 1 is 1.04 bits per heavy atom. The van der Waals surface area contributed by atoms with Crippen molar-refractivity contribution in [3.8, 4) is 11.1 Å². The zero-order valence-electron chi connectivity index (χ0n) is 14.2. The Morgan fingerprint density at radius 2 is 1.65 bits per heavy atom. The zero-order valence-corrected chi connectivity index (χ0v) is 14.2. The average Bonchev–Trinajstić information content (AvgIpc) is 2.97. The van der Waals surface area contributed by atoms with E-state index < -0.39 is 11.6 Å². The van der Waals surface area contributed by atoms with Crippen LogP contribution in [0.25, 0.3) is 22.6 Å². The van der Waals surface area contributed by atoms with Crippen molar-refractivity contribution in [1.82, 2.24) is 4.98 Å². The lowest BCUT2D eigenvalue weighted by Gasteiger charge is -2.12. The van der Waals surface area contributed by atoms with Crippen LogP contribution in [0.4, 0.5) is 14.5 Å². The summed E-state index contributed by atoms with van der Waals surface area (Å²) in [6.45, 7) is 9.13. The van der Waals surface area contributed by atoms with Gasteiger partial charge in [-0.3, -0.25) is 0 Å². The highest BCUT2D eigenvalue weighted by Crippen LogP contribution is 2.28. The number of benzene rings is 2. The third-order valence-electron chi connectivity index (χ3n) is 4.08. The molecule has 5 heteroatoms. The van der Waals surface area contributed by atoms with Gasteiger partial charge in [-0.15, -0.1) is 0 Å². The Labute approximate surface area is 150 Å². The standard InChI is InChI=1S/C21H18F2N2O/c1-12-17(11-20(25-12)14(3)26)15-7-9-16(10-8-15)24-13(2)21-18(22)5-4-6-19(21)23/h4-11,24-26H,2-3H2,1H3. The molecular formula is C21H18F2N2O. The number of aromatic amines is 1. The second kappa shape index (κ2) is 6.88. The highest BCUT2D eigenvalue weighted by molar-refractivity contribution is 5.78. The minimum Gasteiger partial charge on any atom is -0.506 e. The lowest BCUT2D eigenvalue weighted by atomic mass is 10.1. The minimum atomic E-state index is -0.668. The van der Waals surface area contributed by atoms with Crippen LogP contribution >= 0.6 is 0 Å². The first-order valence-corrected chi connectivity index (χ1v) is 7.95. The van der Waals surface area contributed by atoms with Gasteiger partial charge in [-0.2, -0.15) is 0 Å². The predicted molar refractivity (Wildman–Crippen MR) is 102 cm³/mol. The van der Waals surface area contributed by atoms with Crippen molar-refractivity contribution in [2.75, 3.05) is 5.32 Å². The zero-order chi connectivity index (χ0) is 18.8. The summed E-state index contributed by atoms with van der Waals surface area (Å²) >= 11 is 0. The van der Waals surface area contributed by atoms with Crippen molar-refractivity contribution in [2.45, 2.75) is 6.92 Å². The van der Waals surface area contributed by atoms with Crippen molar-refractivity contribution in [1.29, 1.82) is 0 Å². The molecule has 0 spiro atoms. The maximum absolute atomic E-state index is 13.8. The van der Waals surface area contributed by atoms with E-state index in [4.69, 9.17) is 0 Å². The van der Waals surface area contributed by atoms with E-state index in [2.05, 4.69) is 23.5 Å². The molecule has 26 heavy (non-hydrogen) atoms. The second-order valence-corrected chi connectivity index (χ2v) is 5.95. The van der Waals surface area contributed by atoms with Gasteiger partial charge in [0.15, 0.2) is 0 Å². The van der Waals surface area contributed by atoms with E-state index >= 15 is 0 Å². The molecule has 3 rings (SSSR count). The number of H-pyrrole nitrogens is 1. The van der Waals surface area contributed by atoms with Gasteiger partial charge in [-0.05, 0) is 42.8 Å². The first kappa shape index (κ1) is 17.5. The number of hydrogen-bond acceptors (Lipinski definition) is 2. The van der Waals surface area contributed by atoms with E-state index in [1.54, 1.807) is 12.1 Å². The Balaban J connectivity index is 1.82. The topological polar surface area (TPSA) is 48.0 Å². The summed E-state index contributed by atoms with van der Waals surface area (Å²) in [6, 6.07) is 12.8. The SMILES string of the molecule is C=C(O)c1cc(-c2ccc(NC(=C)c3c(F)cccc3F)cc2)c(C)[nH]1. The van der Waals surface area contributed by atoms with Crippen LogP contribution in [0.1, 0.15) is 17.0 Å². The Bertz CT molecular complexity index is 967. The van der Waals surface area contributed by atoms with Crippen LogP contribution in [0.5, 0.6) is 0 Å². The molecule has 0 unspecified atom stereocenters. The van der Waals surface area contributed by atoms with Crippen molar-refractivity contribution >= 4 is 17.1 Å². The van der Waals surface area contributed by atoms with Gasteiger partial charge < -0.3 is 15.4 Å². The van der Waals surface area contributed by atoms with Gasteiger partial charge in [0.25, 0.3) is 0 Å². The molecule has 0 aliphatic rings. The fraction of sp³-hybridized carbons (Fsp3) is 0.0476. The number of aliphatic hydroxyl groups is 1. The molecule has 3 nitrogen and oxygen atoms in total. The van der Waals surface area contributed by atoms with Gasteiger partial charge in [0.1, 0.15) is 17.4 Å². The number of hydrogen-bond donors (Lipinski definition) is 3. The first-order valence-electron chi connectivity index (χ1n) is 7.95. The molecular weight excluding hydrogens is 334 g/mol. The van der Waals surface area contributed by atoms with Crippen LogP contribution in [-0.4, -0.2) is 10.1 Å². The third kappa shape index (κ3) is 3.37. The lowest BCUT2D eigenvalue weighted by Crippen LogP contribution is -2.02. The largest absolute Gasteiger partial charge is 0.506 e. The third-order valence-corrected chi connectivity index (χ3v) is 4.08. The summed E-state index contributed by atoms with van der Waals surface area (Å²) in [5.74, 6) is -1.36. The molecule has 0 saturated carbocycles.